The third-order valence-electron chi connectivity index (χ3n) is 4.51. The minimum atomic E-state index is -0.362. The molecule has 130 valence electrons. The van der Waals surface area contributed by atoms with Crippen molar-refractivity contribution < 1.29 is 14.3 Å². The molecular formula is C20H22N2O3. The number of nitrogens with one attached hydrogen (secondary N) is 1. The van der Waals surface area contributed by atoms with Crippen molar-refractivity contribution in [1.82, 2.24) is 0 Å². The molecule has 0 bridgehead atoms. The summed E-state index contributed by atoms with van der Waals surface area (Å²) in [6.07, 6.45) is 0.216. The Balaban J connectivity index is 1.73. The maximum Gasteiger partial charge on any atom is 0.229 e. The summed E-state index contributed by atoms with van der Waals surface area (Å²) in [7, 11) is 1.59. The number of carbonyl (C=O) groups excluding carboxylic acids is 2. The first-order valence-corrected chi connectivity index (χ1v) is 8.30. The molecule has 1 atom stereocenters. The fraction of sp³-hybridized carbons (Fsp3) is 0.300. The van der Waals surface area contributed by atoms with Crippen LogP contribution in [0.4, 0.5) is 11.4 Å². The van der Waals surface area contributed by atoms with Crippen molar-refractivity contribution in [3.63, 3.8) is 0 Å². The molecule has 0 radical (unpaired) electrons. The van der Waals surface area contributed by atoms with Crippen molar-refractivity contribution in [1.29, 1.82) is 0 Å². The molecule has 1 heterocycles. The van der Waals surface area contributed by atoms with Crippen molar-refractivity contribution in [2.45, 2.75) is 20.3 Å². The number of rotatable bonds is 4. The molecule has 1 N–H and O–H groups in total. The third kappa shape index (κ3) is 3.65. The van der Waals surface area contributed by atoms with Gasteiger partial charge in [-0.2, -0.15) is 0 Å². The summed E-state index contributed by atoms with van der Waals surface area (Å²) in [4.78, 5) is 26.6. The molecule has 0 spiro atoms. The summed E-state index contributed by atoms with van der Waals surface area (Å²) in [5, 5.41) is 2.97. The maximum atomic E-state index is 12.6. The summed E-state index contributed by atoms with van der Waals surface area (Å²) in [6, 6.07) is 13.3. The molecule has 0 aromatic heterocycles. The topological polar surface area (TPSA) is 58.6 Å². The van der Waals surface area contributed by atoms with E-state index in [0.717, 1.165) is 22.5 Å². The highest BCUT2D eigenvalue weighted by Gasteiger charge is 2.35. The van der Waals surface area contributed by atoms with E-state index in [9.17, 15) is 9.59 Å². The number of anilines is 2. The number of amides is 2. The van der Waals surface area contributed by atoms with Crippen LogP contribution in [0.25, 0.3) is 0 Å². The molecule has 5 heteroatoms. The minimum Gasteiger partial charge on any atom is -0.497 e. The normalized spacial score (nSPS) is 16.8. The number of methoxy groups -OCH3 is 1. The zero-order valence-corrected chi connectivity index (χ0v) is 14.7. The lowest BCUT2D eigenvalue weighted by molar-refractivity contribution is -0.122. The monoisotopic (exact) mass is 338 g/mol. The number of ether oxygens (including phenoxy) is 1. The lowest BCUT2D eigenvalue weighted by Gasteiger charge is -2.17. The number of aryl methyl sites for hydroxylation is 2. The van der Waals surface area contributed by atoms with Crippen molar-refractivity contribution in [3.05, 3.63) is 53.6 Å². The van der Waals surface area contributed by atoms with E-state index in [1.807, 2.05) is 56.3 Å². The predicted molar refractivity (Wildman–Crippen MR) is 98.0 cm³/mol. The second kappa shape index (κ2) is 6.97. The van der Waals surface area contributed by atoms with Crippen LogP contribution in [0, 0.1) is 19.8 Å². The van der Waals surface area contributed by atoms with Crippen LogP contribution >= 0.6 is 0 Å². The summed E-state index contributed by atoms with van der Waals surface area (Å²) in [5.74, 6) is 0.161. The maximum absolute atomic E-state index is 12.6. The van der Waals surface area contributed by atoms with Gasteiger partial charge in [0.05, 0.1) is 13.0 Å². The highest BCUT2D eigenvalue weighted by atomic mass is 16.5. The predicted octanol–water partition coefficient (Wildman–Crippen LogP) is 3.30. The van der Waals surface area contributed by atoms with E-state index in [-0.39, 0.29) is 24.2 Å². The number of carbonyl (C=O) groups is 2. The highest BCUT2D eigenvalue weighted by molar-refractivity contribution is 6.03. The van der Waals surface area contributed by atoms with Crippen LogP contribution in [0.15, 0.2) is 42.5 Å². The van der Waals surface area contributed by atoms with Gasteiger partial charge in [0.1, 0.15) is 5.75 Å². The van der Waals surface area contributed by atoms with Gasteiger partial charge < -0.3 is 15.0 Å². The first-order valence-electron chi connectivity index (χ1n) is 8.30. The van der Waals surface area contributed by atoms with Gasteiger partial charge >= 0.3 is 0 Å². The lowest BCUT2D eigenvalue weighted by Crippen LogP contribution is -2.28. The highest BCUT2D eigenvalue weighted by Crippen LogP contribution is 2.29. The van der Waals surface area contributed by atoms with Gasteiger partial charge in [-0.05, 0) is 43.2 Å². The zero-order chi connectivity index (χ0) is 18.0. The zero-order valence-electron chi connectivity index (χ0n) is 14.7. The van der Waals surface area contributed by atoms with Gasteiger partial charge in [0.25, 0.3) is 0 Å². The van der Waals surface area contributed by atoms with Gasteiger partial charge in [-0.25, -0.2) is 0 Å². The third-order valence-corrected chi connectivity index (χ3v) is 4.51. The molecule has 1 fully saturated rings. The van der Waals surface area contributed by atoms with E-state index in [1.165, 1.54) is 0 Å². The van der Waals surface area contributed by atoms with Crippen LogP contribution in [0.2, 0.25) is 0 Å². The molecule has 5 nitrogen and oxygen atoms in total. The van der Waals surface area contributed by atoms with Gasteiger partial charge in [-0.3, -0.25) is 9.59 Å². The molecule has 25 heavy (non-hydrogen) atoms. The molecule has 1 saturated heterocycles. The molecular weight excluding hydrogens is 316 g/mol. The Morgan fingerprint density at radius 3 is 2.76 bits per heavy atom. The first-order chi connectivity index (χ1) is 12.0. The second-order valence-electron chi connectivity index (χ2n) is 6.41. The molecule has 0 unspecified atom stereocenters. The summed E-state index contributed by atoms with van der Waals surface area (Å²) < 4.78 is 5.21. The van der Waals surface area contributed by atoms with E-state index < -0.39 is 0 Å². The largest absolute Gasteiger partial charge is 0.497 e. The van der Waals surface area contributed by atoms with E-state index in [1.54, 1.807) is 12.0 Å². The van der Waals surface area contributed by atoms with Crippen molar-refractivity contribution >= 4 is 23.2 Å². The Morgan fingerprint density at radius 1 is 1.20 bits per heavy atom. The van der Waals surface area contributed by atoms with Gasteiger partial charge in [0.2, 0.25) is 11.8 Å². The summed E-state index contributed by atoms with van der Waals surface area (Å²) in [5.41, 5.74) is 3.65. The van der Waals surface area contributed by atoms with Gasteiger partial charge in [-0.1, -0.05) is 18.2 Å². The molecule has 0 saturated carbocycles. The van der Waals surface area contributed by atoms with Crippen LogP contribution in [-0.2, 0) is 9.59 Å². The minimum absolute atomic E-state index is 0.0469. The Morgan fingerprint density at radius 2 is 2.00 bits per heavy atom. The quantitative estimate of drug-likeness (QED) is 0.930. The second-order valence-corrected chi connectivity index (χ2v) is 6.41. The summed E-state index contributed by atoms with van der Waals surface area (Å²) >= 11 is 0. The molecule has 2 aromatic rings. The van der Waals surface area contributed by atoms with E-state index >= 15 is 0 Å². The van der Waals surface area contributed by atoms with E-state index in [0.29, 0.717) is 12.3 Å². The Bertz CT molecular complexity index is 816. The number of benzene rings is 2. The molecule has 1 aliphatic heterocycles. The number of hydrogen-bond acceptors (Lipinski definition) is 3. The number of hydrogen-bond donors (Lipinski definition) is 1. The van der Waals surface area contributed by atoms with Gasteiger partial charge in [0, 0.05) is 30.4 Å². The lowest BCUT2D eigenvalue weighted by atomic mass is 10.1. The smallest absolute Gasteiger partial charge is 0.229 e. The molecule has 0 aliphatic carbocycles. The molecule has 3 rings (SSSR count). The van der Waals surface area contributed by atoms with E-state index in [4.69, 9.17) is 4.74 Å². The van der Waals surface area contributed by atoms with Crippen LogP contribution in [0.1, 0.15) is 17.5 Å². The number of nitrogens with zero attached hydrogens (tertiary/aromatic N) is 1. The van der Waals surface area contributed by atoms with Crippen LogP contribution in [0.5, 0.6) is 5.75 Å². The Hall–Kier alpha value is -2.82. The average Bonchev–Trinajstić information content (AvgIpc) is 3.00. The van der Waals surface area contributed by atoms with Gasteiger partial charge in [-0.15, -0.1) is 0 Å². The van der Waals surface area contributed by atoms with Crippen molar-refractivity contribution in [2.75, 3.05) is 23.9 Å². The van der Waals surface area contributed by atoms with Crippen LogP contribution in [-0.4, -0.2) is 25.5 Å². The van der Waals surface area contributed by atoms with Crippen molar-refractivity contribution in [2.24, 2.45) is 5.92 Å². The van der Waals surface area contributed by atoms with Crippen LogP contribution < -0.4 is 15.0 Å². The van der Waals surface area contributed by atoms with Gasteiger partial charge in [0.15, 0.2) is 0 Å². The molecule has 2 amide bonds. The Kier molecular flexibility index (Phi) is 4.74. The molecule has 1 aliphatic rings. The Labute approximate surface area is 147 Å². The molecule has 2 aromatic carbocycles. The first kappa shape index (κ1) is 17.0. The standard InChI is InChI=1S/C20H22N2O3/c1-13-7-8-14(2)18(9-13)21-20(24)15-10-19(23)22(12-15)16-5-4-6-17(11-16)25-3/h4-9,11,15H,10,12H2,1-3H3,(H,21,24)/t15-/m0/s1. The average molecular weight is 338 g/mol. The van der Waals surface area contributed by atoms with E-state index in [2.05, 4.69) is 5.32 Å². The van der Waals surface area contributed by atoms with Crippen LogP contribution in [0.3, 0.4) is 0 Å². The fourth-order valence-corrected chi connectivity index (χ4v) is 3.02. The SMILES string of the molecule is COc1cccc(N2C[C@@H](C(=O)Nc3cc(C)ccc3C)CC2=O)c1. The summed E-state index contributed by atoms with van der Waals surface area (Å²) in [6.45, 7) is 4.32. The van der Waals surface area contributed by atoms with Crippen molar-refractivity contribution in [3.8, 4) is 5.75 Å². The fourth-order valence-electron chi connectivity index (χ4n) is 3.02.